The molecule has 7 heteroatoms. The third kappa shape index (κ3) is 6.47. The van der Waals surface area contributed by atoms with Gasteiger partial charge in [-0.15, -0.1) is 0 Å². The summed E-state index contributed by atoms with van der Waals surface area (Å²) in [5.41, 5.74) is 1.23. The Hall–Kier alpha value is -3.35. The lowest BCUT2D eigenvalue weighted by Crippen LogP contribution is -2.39. The zero-order chi connectivity index (χ0) is 19.6. The van der Waals surface area contributed by atoms with Gasteiger partial charge in [-0.25, -0.2) is 4.79 Å². The van der Waals surface area contributed by atoms with Crippen LogP contribution >= 0.6 is 0 Å². The monoisotopic (exact) mass is 370 g/mol. The largest absolute Gasteiger partial charge is 0.489 e. The molecule has 27 heavy (non-hydrogen) atoms. The number of benzene rings is 2. The van der Waals surface area contributed by atoms with E-state index in [1.807, 2.05) is 30.3 Å². The second kappa shape index (κ2) is 9.96. The van der Waals surface area contributed by atoms with Gasteiger partial charge in [0.25, 0.3) is 5.91 Å². The molecule has 0 fully saturated rings. The SMILES string of the molecule is CNC(=O)CN(C)C(=O)COC(=O)c1ccc(COc2ccccc2)cc1. The normalized spacial score (nSPS) is 10.0. The minimum absolute atomic E-state index is 0.0943. The lowest BCUT2D eigenvalue weighted by molar-refractivity contribution is -0.137. The Morgan fingerprint density at radius 1 is 1.00 bits per heavy atom. The number of nitrogens with zero attached hydrogens (tertiary/aromatic N) is 1. The number of carbonyl (C=O) groups excluding carboxylic acids is 3. The van der Waals surface area contributed by atoms with Gasteiger partial charge in [0, 0.05) is 14.1 Å². The molecule has 142 valence electrons. The van der Waals surface area contributed by atoms with Crippen molar-refractivity contribution >= 4 is 17.8 Å². The number of nitrogens with one attached hydrogen (secondary N) is 1. The Bertz CT molecular complexity index is 775. The summed E-state index contributed by atoms with van der Waals surface area (Å²) in [5.74, 6) is -0.599. The van der Waals surface area contributed by atoms with Crippen LogP contribution in [0, 0.1) is 0 Å². The molecule has 0 saturated heterocycles. The highest BCUT2D eigenvalue weighted by atomic mass is 16.5. The summed E-state index contributed by atoms with van der Waals surface area (Å²) in [6.07, 6.45) is 0. The van der Waals surface area contributed by atoms with Crippen molar-refractivity contribution in [1.82, 2.24) is 10.2 Å². The van der Waals surface area contributed by atoms with Crippen LogP contribution in [0.25, 0.3) is 0 Å². The Balaban J connectivity index is 1.81. The van der Waals surface area contributed by atoms with Gasteiger partial charge in [-0.1, -0.05) is 30.3 Å². The van der Waals surface area contributed by atoms with Crippen molar-refractivity contribution in [3.8, 4) is 5.75 Å². The van der Waals surface area contributed by atoms with E-state index in [2.05, 4.69) is 5.32 Å². The average Bonchev–Trinajstić information content (AvgIpc) is 2.71. The minimum Gasteiger partial charge on any atom is -0.489 e. The van der Waals surface area contributed by atoms with Gasteiger partial charge >= 0.3 is 5.97 Å². The van der Waals surface area contributed by atoms with Crippen molar-refractivity contribution in [3.63, 3.8) is 0 Å². The van der Waals surface area contributed by atoms with Gasteiger partial charge in [0.2, 0.25) is 5.91 Å². The molecule has 0 radical (unpaired) electrons. The maximum absolute atomic E-state index is 12.0. The van der Waals surface area contributed by atoms with Crippen molar-refractivity contribution in [1.29, 1.82) is 0 Å². The molecular formula is C20H22N2O5. The zero-order valence-corrected chi connectivity index (χ0v) is 15.3. The number of hydrogen-bond donors (Lipinski definition) is 1. The van der Waals surface area contributed by atoms with Crippen molar-refractivity contribution in [2.75, 3.05) is 27.2 Å². The predicted molar refractivity (Wildman–Crippen MR) is 99.2 cm³/mol. The highest BCUT2D eigenvalue weighted by Crippen LogP contribution is 2.12. The molecule has 2 aromatic rings. The van der Waals surface area contributed by atoms with Crippen molar-refractivity contribution in [3.05, 3.63) is 65.7 Å². The predicted octanol–water partition coefficient (Wildman–Crippen LogP) is 1.63. The summed E-state index contributed by atoms with van der Waals surface area (Å²) < 4.78 is 10.6. The molecule has 0 saturated carbocycles. The molecule has 0 aliphatic heterocycles. The molecule has 0 spiro atoms. The maximum Gasteiger partial charge on any atom is 0.338 e. The van der Waals surface area contributed by atoms with Gasteiger partial charge in [0.15, 0.2) is 6.61 Å². The number of hydrogen-bond acceptors (Lipinski definition) is 5. The molecule has 0 aliphatic carbocycles. The lowest BCUT2D eigenvalue weighted by Gasteiger charge is -2.15. The van der Waals surface area contributed by atoms with Crippen LogP contribution in [0.5, 0.6) is 5.75 Å². The van der Waals surface area contributed by atoms with Crippen molar-refractivity contribution in [2.24, 2.45) is 0 Å². The number of ether oxygens (including phenoxy) is 2. The number of amides is 2. The number of carbonyl (C=O) groups is 3. The first-order chi connectivity index (χ1) is 13.0. The molecule has 0 unspecified atom stereocenters. The third-order valence-corrected chi connectivity index (χ3v) is 3.75. The molecule has 0 aromatic heterocycles. The third-order valence-electron chi connectivity index (χ3n) is 3.75. The van der Waals surface area contributed by atoms with Crippen LogP contribution in [0.15, 0.2) is 54.6 Å². The second-order valence-electron chi connectivity index (χ2n) is 5.80. The molecule has 7 nitrogen and oxygen atoms in total. The first kappa shape index (κ1) is 20.0. The second-order valence-corrected chi connectivity index (χ2v) is 5.80. The quantitative estimate of drug-likeness (QED) is 0.714. The van der Waals surface area contributed by atoms with Crippen molar-refractivity contribution < 1.29 is 23.9 Å². The number of rotatable bonds is 8. The zero-order valence-electron chi connectivity index (χ0n) is 15.3. The molecule has 2 aromatic carbocycles. The Morgan fingerprint density at radius 2 is 1.67 bits per heavy atom. The van der Waals surface area contributed by atoms with E-state index in [-0.39, 0.29) is 12.5 Å². The smallest absolute Gasteiger partial charge is 0.338 e. The molecule has 1 N–H and O–H groups in total. The van der Waals surface area contributed by atoms with E-state index in [1.165, 1.54) is 19.0 Å². The van der Waals surface area contributed by atoms with Crippen LogP contribution in [-0.4, -0.2) is 49.9 Å². The number of esters is 1. The Kier molecular flexibility index (Phi) is 7.37. The van der Waals surface area contributed by atoms with E-state index in [4.69, 9.17) is 9.47 Å². The fraction of sp³-hybridized carbons (Fsp3) is 0.250. The van der Waals surface area contributed by atoms with E-state index in [9.17, 15) is 14.4 Å². The molecule has 0 atom stereocenters. The summed E-state index contributed by atoms with van der Waals surface area (Å²) in [7, 11) is 2.95. The van der Waals surface area contributed by atoms with Gasteiger partial charge < -0.3 is 19.7 Å². The van der Waals surface area contributed by atoms with E-state index in [1.54, 1.807) is 24.3 Å². The van der Waals surface area contributed by atoms with Gasteiger partial charge in [0.05, 0.1) is 12.1 Å². The van der Waals surface area contributed by atoms with E-state index < -0.39 is 18.5 Å². The Labute approximate surface area is 157 Å². The topological polar surface area (TPSA) is 84.9 Å². The van der Waals surface area contributed by atoms with Gasteiger partial charge in [-0.2, -0.15) is 0 Å². The molecule has 2 rings (SSSR count). The number of para-hydroxylation sites is 1. The van der Waals surface area contributed by atoms with Crippen LogP contribution in [0.4, 0.5) is 0 Å². The summed E-state index contributed by atoms with van der Waals surface area (Å²) in [4.78, 5) is 36.3. The van der Waals surface area contributed by atoms with E-state index in [0.29, 0.717) is 12.2 Å². The highest BCUT2D eigenvalue weighted by molar-refractivity contribution is 5.92. The standard InChI is InChI=1S/C20H22N2O5/c1-21-18(23)12-22(2)19(24)14-27-20(25)16-10-8-15(9-11-16)13-26-17-6-4-3-5-7-17/h3-11H,12-14H2,1-2H3,(H,21,23). The average molecular weight is 370 g/mol. The summed E-state index contributed by atoms with van der Waals surface area (Å²) in [5, 5.41) is 2.42. The van der Waals surface area contributed by atoms with Crippen LogP contribution < -0.4 is 10.1 Å². The lowest BCUT2D eigenvalue weighted by atomic mass is 10.1. The first-order valence-corrected chi connectivity index (χ1v) is 8.38. The van der Waals surface area contributed by atoms with Crippen LogP contribution in [0.1, 0.15) is 15.9 Å². The highest BCUT2D eigenvalue weighted by Gasteiger charge is 2.15. The van der Waals surface area contributed by atoms with Crippen LogP contribution in [-0.2, 0) is 20.9 Å². The number of likely N-dealkylation sites (N-methyl/N-ethyl adjacent to an activating group) is 2. The molecule has 0 aliphatic rings. The molecule has 0 bridgehead atoms. The fourth-order valence-electron chi connectivity index (χ4n) is 2.12. The van der Waals surface area contributed by atoms with Gasteiger partial charge in [-0.3, -0.25) is 9.59 Å². The summed E-state index contributed by atoms with van der Waals surface area (Å²) in [6, 6.07) is 16.2. The minimum atomic E-state index is -0.604. The van der Waals surface area contributed by atoms with Gasteiger partial charge in [0.1, 0.15) is 12.4 Å². The molecule has 2 amide bonds. The van der Waals surface area contributed by atoms with E-state index in [0.717, 1.165) is 11.3 Å². The summed E-state index contributed by atoms with van der Waals surface area (Å²) in [6.45, 7) is -0.143. The van der Waals surface area contributed by atoms with E-state index >= 15 is 0 Å². The Morgan fingerprint density at radius 3 is 2.30 bits per heavy atom. The maximum atomic E-state index is 12.0. The molecule has 0 heterocycles. The fourth-order valence-corrected chi connectivity index (χ4v) is 2.12. The van der Waals surface area contributed by atoms with Crippen LogP contribution in [0.2, 0.25) is 0 Å². The first-order valence-electron chi connectivity index (χ1n) is 8.38. The van der Waals surface area contributed by atoms with Gasteiger partial charge in [-0.05, 0) is 29.8 Å². The summed E-state index contributed by atoms with van der Waals surface area (Å²) >= 11 is 0. The van der Waals surface area contributed by atoms with Crippen LogP contribution in [0.3, 0.4) is 0 Å². The molecular weight excluding hydrogens is 348 g/mol. The van der Waals surface area contributed by atoms with Crippen molar-refractivity contribution in [2.45, 2.75) is 6.61 Å².